The minimum atomic E-state index is -1.20. The Balaban J connectivity index is 0.00000306. The first kappa shape index (κ1) is 23.3. The first-order valence-corrected chi connectivity index (χ1v) is 9.98. The predicted molar refractivity (Wildman–Crippen MR) is 122 cm³/mol. The number of para-hydroxylation sites is 2. The fourth-order valence-electron chi connectivity index (χ4n) is 2.99. The van der Waals surface area contributed by atoms with Crippen molar-refractivity contribution in [2.75, 3.05) is 11.9 Å². The molecule has 33 heavy (non-hydrogen) atoms. The molecule has 0 fully saturated rings. The van der Waals surface area contributed by atoms with Gasteiger partial charge in [0.05, 0.1) is 29.3 Å². The summed E-state index contributed by atoms with van der Waals surface area (Å²) in [6, 6.07) is 11.5. The number of hydrazone groups is 1. The van der Waals surface area contributed by atoms with Gasteiger partial charge in [-0.05, 0) is 38.1 Å². The number of carbonyl (C=O) groups excluding carboxylic acids is 3. The summed E-state index contributed by atoms with van der Waals surface area (Å²) in [7, 11) is 0. The lowest BCUT2D eigenvalue weighted by molar-refractivity contribution is -0.144. The van der Waals surface area contributed by atoms with Crippen molar-refractivity contribution in [3.05, 3.63) is 54.1 Å². The molecule has 11 heteroatoms. The second-order valence-electron chi connectivity index (χ2n) is 6.88. The van der Waals surface area contributed by atoms with Gasteiger partial charge < -0.3 is 15.2 Å². The number of nitrogens with zero attached hydrogens (tertiary/aromatic N) is 4. The van der Waals surface area contributed by atoms with Crippen LogP contribution in [0.5, 0.6) is 5.75 Å². The van der Waals surface area contributed by atoms with Crippen molar-refractivity contribution in [3.63, 3.8) is 0 Å². The number of anilines is 1. The van der Waals surface area contributed by atoms with E-state index in [9.17, 15) is 24.3 Å². The van der Waals surface area contributed by atoms with E-state index in [-0.39, 0.29) is 19.8 Å². The van der Waals surface area contributed by atoms with Gasteiger partial charge in [0.15, 0.2) is 6.04 Å². The molecular weight excluding hydrogens is 430 g/mol. The highest BCUT2D eigenvalue weighted by atomic mass is 16.5. The Morgan fingerprint density at radius 1 is 1.18 bits per heavy atom. The molecule has 0 bridgehead atoms. The number of carbonyl (C=O) groups is 4. The summed E-state index contributed by atoms with van der Waals surface area (Å²) in [5, 5.41) is 24.0. The molecule has 2 aromatic rings. The molecule has 3 amide bonds. The van der Waals surface area contributed by atoms with E-state index < -0.39 is 36.2 Å². The lowest BCUT2D eigenvalue weighted by Gasteiger charge is -2.13. The molecule has 1 aliphatic heterocycles. The van der Waals surface area contributed by atoms with Crippen molar-refractivity contribution >= 4 is 40.8 Å². The third kappa shape index (κ3) is 5.45. The van der Waals surface area contributed by atoms with E-state index in [0.717, 1.165) is 0 Å². The van der Waals surface area contributed by atoms with Crippen LogP contribution in [0.4, 0.5) is 11.4 Å². The molecule has 2 N–H and O–H groups in total. The maximum absolute atomic E-state index is 12.6. The zero-order chi connectivity index (χ0) is 24.0. The number of ether oxygens (including phenoxy) is 1. The highest BCUT2D eigenvalue weighted by Crippen LogP contribution is 2.24. The van der Waals surface area contributed by atoms with Gasteiger partial charge in [-0.25, -0.2) is 4.79 Å². The van der Waals surface area contributed by atoms with Gasteiger partial charge in [-0.3, -0.25) is 14.4 Å². The molecule has 0 saturated carbocycles. The van der Waals surface area contributed by atoms with Crippen LogP contribution >= 0.6 is 0 Å². The highest BCUT2D eigenvalue weighted by Gasteiger charge is 2.38. The Kier molecular flexibility index (Phi) is 7.24. The largest absolute Gasteiger partial charge is 0.492 e. The summed E-state index contributed by atoms with van der Waals surface area (Å²) in [6.45, 7) is 3.68. The Hall–Kier alpha value is -4.41. The number of azo groups is 1. The fraction of sp³-hybridized carbons (Fsp3) is 0.227. The van der Waals surface area contributed by atoms with Gasteiger partial charge in [-0.1, -0.05) is 24.3 Å². The SMILES string of the molecule is CCOc1ccccc1NC(=O)CC(=O)N1N=C(C)C(N=Nc2ccccc2C(=O)O)C1=O.[HH].[HH]. The topological polar surface area (TPSA) is 150 Å². The first-order chi connectivity index (χ1) is 15.8. The van der Waals surface area contributed by atoms with Gasteiger partial charge >= 0.3 is 5.97 Å². The molecule has 11 nitrogen and oxygen atoms in total. The Bertz CT molecular complexity index is 1170. The lowest BCUT2D eigenvalue weighted by atomic mass is 10.2. The average Bonchev–Trinajstić information content (AvgIpc) is 3.07. The minimum absolute atomic E-state index is 0. The molecule has 0 aromatic heterocycles. The average molecular weight is 455 g/mol. The van der Waals surface area contributed by atoms with Crippen LogP contribution in [-0.2, 0) is 14.4 Å². The number of rotatable bonds is 8. The summed E-state index contributed by atoms with van der Waals surface area (Å²) in [4.78, 5) is 48.8. The predicted octanol–water partition coefficient (Wildman–Crippen LogP) is 3.50. The van der Waals surface area contributed by atoms with Crippen LogP contribution in [-0.4, -0.2) is 52.2 Å². The Morgan fingerprint density at radius 2 is 1.88 bits per heavy atom. The number of nitrogens with one attached hydrogen (secondary N) is 1. The smallest absolute Gasteiger partial charge is 0.337 e. The number of carboxylic acid groups (broad SMARTS) is 1. The minimum Gasteiger partial charge on any atom is -0.492 e. The lowest BCUT2D eigenvalue weighted by Crippen LogP contribution is -2.36. The molecular formula is C22H25N5O6. The summed E-state index contributed by atoms with van der Waals surface area (Å²) in [5.74, 6) is -3.00. The molecule has 1 atom stereocenters. The van der Waals surface area contributed by atoms with Crippen LogP contribution in [0.15, 0.2) is 63.9 Å². The summed E-state index contributed by atoms with van der Waals surface area (Å²) >= 11 is 0. The van der Waals surface area contributed by atoms with E-state index >= 15 is 0 Å². The van der Waals surface area contributed by atoms with Crippen LogP contribution in [0, 0.1) is 0 Å². The van der Waals surface area contributed by atoms with Crippen LogP contribution in [0.1, 0.15) is 33.5 Å². The summed E-state index contributed by atoms with van der Waals surface area (Å²) < 4.78 is 5.43. The van der Waals surface area contributed by atoms with Gasteiger partial charge in [-0.2, -0.15) is 20.3 Å². The second kappa shape index (κ2) is 10.3. The number of imide groups is 1. The molecule has 0 aliphatic carbocycles. The van der Waals surface area contributed by atoms with Crippen LogP contribution < -0.4 is 10.1 Å². The van der Waals surface area contributed by atoms with E-state index in [1.165, 1.54) is 25.1 Å². The zero-order valence-corrected chi connectivity index (χ0v) is 17.9. The third-order valence-electron chi connectivity index (χ3n) is 4.52. The van der Waals surface area contributed by atoms with Crippen molar-refractivity contribution in [1.82, 2.24) is 5.01 Å². The molecule has 2 aromatic carbocycles. The molecule has 174 valence electrons. The van der Waals surface area contributed by atoms with Crippen LogP contribution in [0.25, 0.3) is 0 Å². The Labute approximate surface area is 191 Å². The number of hydrogen-bond donors (Lipinski definition) is 2. The quantitative estimate of drug-likeness (QED) is 0.459. The number of benzene rings is 2. The summed E-state index contributed by atoms with van der Waals surface area (Å²) in [5.41, 5.74) is 0.557. The molecule has 1 aliphatic rings. The van der Waals surface area contributed by atoms with E-state index in [1.807, 2.05) is 0 Å². The second-order valence-corrected chi connectivity index (χ2v) is 6.88. The standard InChI is InChI=1S/C22H21N5O6.2H2/c1-3-33-17-11-7-6-10-16(17)23-18(28)12-19(29)27-21(30)20(13(2)26-27)25-24-15-9-5-4-8-14(15)22(31)32;;/h4-11,20H,3,12H2,1-2H3,(H,23,28)(H,31,32);2*1H. The van der Waals surface area contributed by atoms with E-state index in [1.54, 1.807) is 37.3 Å². The molecule has 1 heterocycles. The van der Waals surface area contributed by atoms with Gasteiger partial charge in [0.2, 0.25) is 5.91 Å². The van der Waals surface area contributed by atoms with E-state index in [4.69, 9.17) is 4.74 Å². The summed E-state index contributed by atoms with van der Waals surface area (Å²) in [6.07, 6.45) is -0.630. The molecule has 0 spiro atoms. The fourth-order valence-corrected chi connectivity index (χ4v) is 2.99. The van der Waals surface area contributed by atoms with Gasteiger partial charge in [-0.15, -0.1) is 0 Å². The van der Waals surface area contributed by atoms with Gasteiger partial charge in [0, 0.05) is 2.85 Å². The number of amides is 3. The number of aromatic carboxylic acids is 1. The van der Waals surface area contributed by atoms with E-state index in [0.29, 0.717) is 23.1 Å². The monoisotopic (exact) mass is 455 g/mol. The molecule has 1 unspecified atom stereocenters. The molecule has 0 saturated heterocycles. The normalized spacial score (nSPS) is 15.5. The molecule has 0 radical (unpaired) electrons. The van der Waals surface area contributed by atoms with E-state index in [2.05, 4.69) is 20.6 Å². The Morgan fingerprint density at radius 3 is 2.61 bits per heavy atom. The maximum Gasteiger partial charge on any atom is 0.337 e. The van der Waals surface area contributed by atoms with Gasteiger partial charge in [0.1, 0.15) is 12.2 Å². The maximum atomic E-state index is 12.6. The van der Waals surface area contributed by atoms with Crippen molar-refractivity contribution in [3.8, 4) is 5.75 Å². The zero-order valence-electron chi connectivity index (χ0n) is 17.9. The highest BCUT2D eigenvalue weighted by molar-refractivity contribution is 6.18. The van der Waals surface area contributed by atoms with Crippen molar-refractivity contribution in [2.24, 2.45) is 15.3 Å². The number of hydrogen-bond acceptors (Lipinski definition) is 8. The first-order valence-electron chi connectivity index (χ1n) is 9.98. The van der Waals surface area contributed by atoms with Gasteiger partial charge in [0.25, 0.3) is 11.8 Å². The molecule has 3 rings (SSSR count). The third-order valence-corrected chi connectivity index (χ3v) is 4.52. The van der Waals surface area contributed by atoms with Crippen LogP contribution in [0.2, 0.25) is 0 Å². The van der Waals surface area contributed by atoms with Crippen LogP contribution in [0.3, 0.4) is 0 Å². The van der Waals surface area contributed by atoms with Crippen molar-refractivity contribution < 1.29 is 31.9 Å². The van der Waals surface area contributed by atoms with Crippen molar-refractivity contribution in [1.29, 1.82) is 0 Å². The number of carboxylic acids is 1. The van der Waals surface area contributed by atoms with Crippen molar-refractivity contribution in [2.45, 2.75) is 26.3 Å².